The Morgan fingerprint density at radius 2 is 2.12 bits per heavy atom. The lowest BCUT2D eigenvalue weighted by atomic mass is 9.63. The molecule has 1 spiro atoms. The molecular weight excluding hydrogens is 316 g/mol. The Hall–Kier alpha value is -1.88. The molecule has 134 valence electrons. The molecule has 5 nitrogen and oxygen atoms in total. The molecule has 3 heterocycles. The number of hydrogen-bond donors (Lipinski definition) is 1. The van der Waals surface area contributed by atoms with Gasteiger partial charge in [-0.05, 0) is 49.8 Å². The van der Waals surface area contributed by atoms with E-state index in [-0.39, 0.29) is 23.2 Å². The van der Waals surface area contributed by atoms with Gasteiger partial charge in [0.15, 0.2) is 5.78 Å². The first-order valence-electron chi connectivity index (χ1n) is 9.29. The summed E-state index contributed by atoms with van der Waals surface area (Å²) in [6, 6.07) is 7.83. The summed E-state index contributed by atoms with van der Waals surface area (Å²) < 4.78 is 5.01. The number of nitrogens with one attached hydrogen (secondary N) is 1. The first kappa shape index (κ1) is 16.6. The number of fused-ring (bicyclic) bond motifs is 3. The van der Waals surface area contributed by atoms with E-state index in [9.17, 15) is 9.59 Å². The van der Waals surface area contributed by atoms with E-state index in [0.29, 0.717) is 6.42 Å². The van der Waals surface area contributed by atoms with Gasteiger partial charge in [0.2, 0.25) is 0 Å². The number of Topliss-reactive ketones (excluding diaryl/α,β-unsaturated/α-hetero) is 1. The largest absolute Gasteiger partial charge is 0.469 e. The van der Waals surface area contributed by atoms with Gasteiger partial charge in [0.1, 0.15) is 5.54 Å². The summed E-state index contributed by atoms with van der Waals surface area (Å²) in [7, 11) is 1.45. The third-order valence-electron chi connectivity index (χ3n) is 6.69. The molecule has 0 unspecified atom stereocenters. The van der Waals surface area contributed by atoms with Crippen LogP contribution in [0.5, 0.6) is 0 Å². The van der Waals surface area contributed by atoms with Gasteiger partial charge in [0.25, 0.3) is 0 Å². The molecule has 3 aliphatic rings. The quantitative estimate of drug-likeness (QED) is 0.856. The third kappa shape index (κ3) is 2.25. The molecule has 1 N–H and O–H groups in total. The molecule has 0 bridgehead atoms. The van der Waals surface area contributed by atoms with Gasteiger partial charge in [0, 0.05) is 23.8 Å². The normalized spacial score (nSPS) is 33.8. The van der Waals surface area contributed by atoms with Crippen molar-refractivity contribution in [1.29, 1.82) is 0 Å². The Kier molecular flexibility index (Phi) is 3.87. The average Bonchev–Trinajstić information content (AvgIpc) is 3.15. The molecule has 1 aromatic carbocycles. The van der Waals surface area contributed by atoms with E-state index in [1.807, 2.05) is 24.3 Å². The monoisotopic (exact) mass is 342 g/mol. The lowest BCUT2D eigenvalue weighted by Crippen LogP contribution is -2.63. The van der Waals surface area contributed by atoms with Gasteiger partial charge >= 0.3 is 5.97 Å². The van der Waals surface area contributed by atoms with Crippen molar-refractivity contribution in [3.05, 3.63) is 29.8 Å². The zero-order valence-corrected chi connectivity index (χ0v) is 15.0. The molecule has 5 heteroatoms. The SMILES string of the molecule is CC[C@@]1(CC(=O)OC)CCCN2CC[C@@]3(Nc4ccccc4C3=O)[C@@H]21. The maximum absolute atomic E-state index is 13.4. The smallest absolute Gasteiger partial charge is 0.306 e. The van der Waals surface area contributed by atoms with Gasteiger partial charge in [-0.15, -0.1) is 0 Å². The Bertz CT molecular complexity index is 719. The fourth-order valence-corrected chi connectivity index (χ4v) is 5.56. The Morgan fingerprint density at radius 3 is 2.84 bits per heavy atom. The number of para-hydroxylation sites is 1. The third-order valence-corrected chi connectivity index (χ3v) is 6.69. The number of carbonyl (C=O) groups excluding carboxylic acids is 2. The van der Waals surface area contributed by atoms with Crippen LogP contribution in [0.15, 0.2) is 24.3 Å². The Balaban J connectivity index is 1.78. The van der Waals surface area contributed by atoms with E-state index >= 15 is 0 Å². The van der Waals surface area contributed by atoms with E-state index in [1.165, 1.54) is 7.11 Å². The summed E-state index contributed by atoms with van der Waals surface area (Å²) >= 11 is 0. The van der Waals surface area contributed by atoms with Crippen LogP contribution < -0.4 is 5.32 Å². The minimum atomic E-state index is -0.603. The Morgan fingerprint density at radius 1 is 1.32 bits per heavy atom. The molecule has 0 radical (unpaired) electrons. The van der Waals surface area contributed by atoms with E-state index in [2.05, 4.69) is 17.1 Å². The molecule has 2 saturated heterocycles. The highest BCUT2D eigenvalue weighted by molar-refractivity contribution is 6.14. The van der Waals surface area contributed by atoms with Crippen molar-refractivity contribution < 1.29 is 14.3 Å². The molecule has 2 fully saturated rings. The second-order valence-electron chi connectivity index (χ2n) is 7.73. The Labute approximate surface area is 148 Å². The first-order valence-corrected chi connectivity index (χ1v) is 9.29. The molecule has 4 rings (SSSR count). The molecular formula is C20H26N2O3. The van der Waals surface area contributed by atoms with Crippen molar-refractivity contribution in [3.8, 4) is 0 Å². The summed E-state index contributed by atoms with van der Waals surface area (Å²) in [4.78, 5) is 28.1. The molecule has 0 saturated carbocycles. The lowest BCUT2D eigenvalue weighted by Gasteiger charge is -2.51. The minimum Gasteiger partial charge on any atom is -0.469 e. The minimum absolute atomic E-state index is 0.0396. The van der Waals surface area contributed by atoms with E-state index in [0.717, 1.165) is 50.0 Å². The molecule has 0 aromatic heterocycles. The van der Waals surface area contributed by atoms with Crippen molar-refractivity contribution in [3.63, 3.8) is 0 Å². The van der Waals surface area contributed by atoms with Crippen LogP contribution in [-0.2, 0) is 9.53 Å². The van der Waals surface area contributed by atoms with Gasteiger partial charge in [-0.25, -0.2) is 0 Å². The van der Waals surface area contributed by atoms with Crippen LogP contribution in [0, 0.1) is 5.41 Å². The van der Waals surface area contributed by atoms with Crippen LogP contribution in [0.3, 0.4) is 0 Å². The number of piperidine rings is 1. The molecule has 3 atom stereocenters. The number of hydrogen-bond acceptors (Lipinski definition) is 5. The number of nitrogens with zero attached hydrogens (tertiary/aromatic N) is 1. The van der Waals surface area contributed by atoms with Crippen molar-refractivity contribution in [1.82, 2.24) is 4.90 Å². The number of anilines is 1. The topological polar surface area (TPSA) is 58.6 Å². The van der Waals surface area contributed by atoms with Gasteiger partial charge < -0.3 is 10.1 Å². The highest BCUT2D eigenvalue weighted by Crippen LogP contribution is 2.54. The molecule has 1 aromatic rings. The number of ketones is 1. The predicted molar refractivity (Wildman–Crippen MR) is 95.7 cm³/mol. The van der Waals surface area contributed by atoms with Gasteiger partial charge in [-0.2, -0.15) is 0 Å². The van der Waals surface area contributed by atoms with Crippen molar-refractivity contribution in [2.24, 2.45) is 5.41 Å². The second-order valence-corrected chi connectivity index (χ2v) is 7.73. The van der Waals surface area contributed by atoms with Crippen LogP contribution in [0.2, 0.25) is 0 Å². The van der Waals surface area contributed by atoms with Gasteiger partial charge in [-0.1, -0.05) is 19.1 Å². The van der Waals surface area contributed by atoms with Crippen LogP contribution >= 0.6 is 0 Å². The summed E-state index contributed by atoms with van der Waals surface area (Å²) in [5.74, 6) is 0.0221. The average molecular weight is 342 g/mol. The lowest BCUT2D eigenvalue weighted by molar-refractivity contribution is -0.146. The van der Waals surface area contributed by atoms with E-state index in [4.69, 9.17) is 4.74 Å². The fraction of sp³-hybridized carbons (Fsp3) is 0.600. The molecule has 25 heavy (non-hydrogen) atoms. The standard InChI is InChI=1S/C20H26N2O3/c1-3-19(13-16(23)25-2)9-6-11-22-12-10-20(18(19)22)17(24)14-7-4-5-8-15(14)21-20/h4-5,7-8,18,21H,3,6,9-13H2,1-2H3/t18-,19-,20-/m0/s1. The summed E-state index contributed by atoms with van der Waals surface area (Å²) in [6.07, 6.45) is 4.09. The van der Waals surface area contributed by atoms with Crippen LogP contribution in [0.4, 0.5) is 5.69 Å². The zero-order chi connectivity index (χ0) is 17.7. The maximum atomic E-state index is 13.4. The molecule has 0 amide bonds. The van der Waals surface area contributed by atoms with Crippen LogP contribution in [-0.4, -0.2) is 48.4 Å². The number of ether oxygens (including phenoxy) is 1. The number of esters is 1. The zero-order valence-electron chi connectivity index (χ0n) is 15.0. The van der Waals surface area contributed by atoms with Crippen molar-refractivity contribution in [2.75, 3.05) is 25.5 Å². The summed E-state index contributed by atoms with van der Waals surface area (Å²) in [5, 5.41) is 3.60. The van der Waals surface area contributed by atoms with E-state index < -0.39 is 5.54 Å². The highest BCUT2D eigenvalue weighted by Gasteiger charge is 2.63. The second kappa shape index (κ2) is 5.84. The summed E-state index contributed by atoms with van der Waals surface area (Å²) in [6.45, 7) is 4.05. The fourth-order valence-electron chi connectivity index (χ4n) is 5.56. The van der Waals surface area contributed by atoms with Crippen molar-refractivity contribution in [2.45, 2.75) is 50.6 Å². The van der Waals surface area contributed by atoms with Crippen LogP contribution in [0.1, 0.15) is 49.4 Å². The summed E-state index contributed by atoms with van der Waals surface area (Å²) in [5.41, 5.74) is 0.904. The first-order chi connectivity index (χ1) is 12.1. The van der Waals surface area contributed by atoms with Gasteiger partial charge in [0.05, 0.1) is 13.5 Å². The predicted octanol–water partition coefficient (Wildman–Crippen LogP) is 2.86. The maximum Gasteiger partial charge on any atom is 0.306 e. The highest BCUT2D eigenvalue weighted by atomic mass is 16.5. The van der Waals surface area contributed by atoms with Crippen molar-refractivity contribution >= 4 is 17.4 Å². The van der Waals surface area contributed by atoms with Gasteiger partial charge in [-0.3, -0.25) is 14.5 Å². The number of benzene rings is 1. The van der Waals surface area contributed by atoms with Crippen LogP contribution in [0.25, 0.3) is 0 Å². The number of rotatable bonds is 3. The molecule has 3 aliphatic heterocycles. The van der Waals surface area contributed by atoms with E-state index in [1.54, 1.807) is 0 Å². The number of methoxy groups -OCH3 is 1. The number of carbonyl (C=O) groups is 2. The molecule has 0 aliphatic carbocycles.